The van der Waals surface area contributed by atoms with Gasteiger partial charge in [-0.3, -0.25) is 9.59 Å². The molecule has 4 nitrogen and oxygen atoms in total. The highest BCUT2D eigenvalue weighted by atomic mass is 16.2. The summed E-state index contributed by atoms with van der Waals surface area (Å²) in [4.78, 5) is 24.9. The second-order valence-corrected chi connectivity index (χ2v) is 10.9. The third kappa shape index (κ3) is 15.2. The highest BCUT2D eigenvalue weighted by molar-refractivity contribution is 5.96. The number of carbonyl (C=O) groups is 2. The van der Waals surface area contributed by atoms with E-state index in [0.29, 0.717) is 12.3 Å². The molecule has 0 radical (unpaired) electrons. The van der Waals surface area contributed by atoms with Crippen molar-refractivity contribution in [2.24, 2.45) is 11.8 Å². The molecule has 1 rings (SSSR count). The van der Waals surface area contributed by atoms with Gasteiger partial charge < -0.3 is 10.7 Å². The molecule has 0 bridgehead atoms. The van der Waals surface area contributed by atoms with Crippen molar-refractivity contribution in [2.45, 2.75) is 98.8 Å². The predicted octanol–water partition coefficient (Wildman–Crippen LogP) is 8.66. The smallest absolute Gasteiger partial charge is 0.232 e. The van der Waals surface area contributed by atoms with Crippen molar-refractivity contribution >= 4 is 17.9 Å². The molecule has 39 heavy (non-hydrogen) atoms. The van der Waals surface area contributed by atoms with E-state index in [2.05, 4.69) is 82.1 Å². The highest BCUT2D eigenvalue weighted by Gasteiger charge is 2.15. The van der Waals surface area contributed by atoms with E-state index in [1.165, 1.54) is 29.5 Å². The van der Waals surface area contributed by atoms with E-state index in [9.17, 15) is 9.59 Å². The summed E-state index contributed by atoms with van der Waals surface area (Å²) in [6, 6.07) is 8.63. The normalized spacial score (nSPS) is 13.8. The fourth-order valence-corrected chi connectivity index (χ4v) is 4.41. The lowest BCUT2D eigenvalue weighted by molar-refractivity contribution is -0.125. The van der Waals surface area contributed by atoms with Gasteiger partial charge in [0.2, 0.25) is 5.91 Å². The molecule has 4 heteroatoms. The number of Topliss-reactive ketones (excluding diaryl/α,β-unsaturated/α-hetero) is 1. The zero-order valence-corrected chi connectivity index (χ0v) is 25.2. The highest BCUT2D eigenvalue weighted by Crippen LogP contribution is 2.19. The molecule has 214 valence electrons. The molecule has 2 N–H and O–H groups in total. The Balaban J connectivity index is 2.71. The van der Waals surface area contributed by atoms with E-state index >= 15 is 0 Å². The van der Waals surface area contributed by atoms with Crippen molar-refractivity contribution < 1.29 is 9.59 Å². The Morgan fingerprint density at radius 2 is 1.77 bits per heavy atom. The summed E-state index contributed by atoms with van der Waals surface area (Å²) >= 11 is 0. The Morgan fingerprint density at radius 1 is 1.05 bits per heavy atom. The van der Waals surface area contributed by atoms with Crippen LogP contribution in [0.1, 0.15) is 96.6 Å². The summed E-state index contributed by atoms with van der Waals surface area (Å²) in [5, 5.41) is 10.5. The SMILES string of the molecule is C=C(/C=C(\C=CCCC)CCc1ccc(C)cc1)/C(C)=C/C(C=N)C(=O)NCC(=O)CCCCC(C)CCC. The van der Waals surface area contributed by atoms with Crippen molar-refractivity contribution in [1.82, 2.24) is 5.32 Å². The molecule has 1 amide bonds. The van der Waals surface area contributed by atoms with Crippen LogP contribution in [0.3, 0.4) is 0 Å². The van der Waals surface area contributed by atoms with E-state index < -0.39 is 5.92 Å². The third-order valence-electron chi connectivity index (χ3n) is 7.03. The van der Waals surface area contributed by atoms with Crippen LogP contribution in [-0.4, -0.2) is 24.4 Å². The monoisotopic (exact) mass is 532 g/mol. The number of aryl methyl sites for hydroxylation is 2. The lowest BCUT2D eigenvalue weighted by Crippen LogP contribution is -2.34. The van der Waals surface area contributed by atoms with Crippen LogP contribution in [-0.2, 0) is 16.0 Å². The first kappa shape index (κ1) is 34.0. The van der Waals surface area contributed by atoms with Gasteiger partial charge in [0.25, 0.3) is 0 Å². The van der Waals surface area contributed by atoms with Gasteiger partial charge in [-0.15, -0.1) is 0 Å². The lowest BCUT2D eigenvalue weighted by atomic mass is 9.97. The van der Waals surface area contributed by atoms with Crippen LogP contribution in [0, 0.1) is 24.2 Å². The van der Waals surface area contributed by atoms with E-state index in [1.807, 2.05) is 6.92 Å². The standard InChI is InChI=1S/C35H52N2O2/c1-7-9-10-15-32(22-21-31-19-17-28(4)18-20-31)23-29(5)30(6)24-33(25-36)35(39)37-26-34(38)16-12-11-14-27(3)13-8-2/h10,15,17-20,23-25,27,33,36H,5,7-9,11-14,16,21-22,26H2,1-4,6H3,(H,37,39)/b15-10?,30-24+,32-23+,36-25?. The molecule has 2 atom stereocenters. The number of hydrogen-bond donors (Lipinski definition) is 2. The van der Waals surface area contributed by atoms with Crippen LogP contribution in [0.5, 0.6) is 0 Å². The molecular formula is C35H52N2O2. The molecule has 0 spiro atoms. The third-order valence-corrected chi connectivity index (χ3v) is 7.03. The Morgan fingerprint density at radius 3 is 2.41 bits per heavy atom. The van der Waals surface area contributed by atoms with Crippen molar-refractivity contribution in [3.8, 4) is 0 Å². The topological polar surface area (TPSA) is 70.0 Å². The van der Waals surface area contributed by atoms with Crippen molar-refractivity contribution in [2.75, 3.05) is 6.54 Å². The first-order valence-corrected chi connectivity index (χ1v) is 14.8. The lowest BCUT2D eigenvalue weighted by Gasteiger charge is -2.12. The van der Waals surface area contributed by atoms with Gasteiger partial charge >= 0.3 is 0 Å². The summed E-state index contributed by atoms with van der Waals surface area (Å²) in [5.74, 6) is -0.312. The largest absolute Gasteiger partial charge is 0.348 e. The molecule has 0 aromatic heterocycles. The van der Waals surface area contributed by atoms with Crippen molar-refractivity contribution in [1.29, 1.82) is 5.41 Å². The van der Waals surface area contributed by atoms with Gasteiger partial charge in [0.1, 0.15) is 0 Å². The van der Waals surface area contributed by atoms with Gasteiger partial charge in [0.05, 0.1) is 12.5 Å². The minimum Gasteiger partial charge on any atom is -0.348 e. The molecule has 0 saturated carbocycles. The van der Waals surface area contributed by atoms with Crippen molar-refractivity contribution in [3.63, 3.8) is 0 Å². The zero-order chi connectivity index (χ0) is 29.0. The molecule has 2 unspecified atom stereocenters. The van der Waals surface area contributed by atoms with Crippen LogP contribution in [0.4, 0.5) is 0 Å². The summed E-state index contributed by atoms with van der Waals surface area (Å²) in [5.41, 5.74) is 5.42. The molecule has 0 saturated heterocycles. The molecule has 0 heterocycles. The van der Waals surface area contributed by atoms with E-state index in [4.69, 9.17) is 5.41 Å². The molecular weight excluding hydrogens is 480 g/mol. The molecule has 0 aliphatic rings. The first-order valence-electron chi connectivity index (χ1n) is 14.8. The second kappa shape index (κ2) is 20.0. The number of benzene rings is 1. The van der Waals surface area contributed by atoms with Gasteiger partial charge in [-0.25, -0.2) is 0 Å². The number of rotatable bonds is 20. The maximum Gasteiger partial charge on any atom is 0.232 e. The van der Waals surface area contributed by atoms with Gasteiger partial charge in [0, 0.05) is 12.6 Å². The average molecular weight is 533 g/mol. The van der Waals surface area contributed by atoms with Gasteiger partial charge in [-0.1, -0.05) is 114 Å². The number of carbonyl (C=O) groups excluding carboxylic acids is 2. The second-order valence-electron chi connectivity index (χ2n) is 10.9. The number of nitrogens with one attached hydrogen (secondary N) is 2. The summed E-state index contributed by atoms with van der Waals surface area (Å²) in [6.07, 6.45) is 19.3. The van der Waals surface area contributed by atoms with Crippen LogP contribution in [0.2, 0.25) is 0 Å². The first-order chi connectivity index (χ1) is 18.7. The van der Waals surface area contributed by atoms with E-state index in [1.54, 1.807) is 6.08 Å². The van der Waals surface area contributed by atoms with Crippen LogP contribution in [0.25, 0.3) is 0 Å². The van der Waals surface area contributed by atoms with E-state index in [0.717, 1.165) is 62.3 Å². The molecule has 0 fully saturated rings. The van der Waals surface area contributed by atoms with Crippen LogP contribution >= 0.6 is 0 Å². The summed E-state index contributed by atoms with van der Waals surface area (Å²) < 4.78 is 0. The maximum atomic E-state index is 12.7. The number of unbranched alkanes of at least 4 members (excludes halogenated alkanes) is 2. The Labute approximate surface area is 238 Å². The average Bonchev–Trinajstić information content (AvgIpc) is 2.92. The minimum absolute atomic E-state index is 0.0206. The fraction of sp³-hybridized carbons (Fsp3) is 0.514. The van der Waals surface area contributed by atoms with Gasteiger partial charge in [0.15, 0.2) is 5.78 Å². The van der Waals surface area contributed by atoms with E-state index in [-0.39, 0.29) is 18.2 Å². The molecule has 1 aromatic carbocycles. The summed E-state index contributed by atoms with van der Waals surface area (Å²) in [6.45, 7) is 14.9. The predicted molar refractivity (Wildman–Crippen MR) is 167 cm³/mol. The molecule has 0 aliphatic heterocycles. The fourth-order valence-electron chi connectivity index (χ4n) is 4.41. The number of ketones is 1. The number of allylic oxidation sites excluding steroid dienone is 6. The minimum atomic E-state index is -0.732. The van der Waals surface area contributed by atoms with Gasteiger partial charge in [-0.05, 0) is 67.7 Å². The Bertz CT molecular complexity index is 998. The van der Waals surface area contributed by atoms with Gasteiger partial charge in [-0.2, -0.15) is 0 Å². The maximum absolute atomic E-state index is 12.7. The van der Waals surface area contributed by atoms with Crippen LogP contribution < -0.4 is 5.32 Å². The zero-order valence-electron chi connectivity index (χ0n) is 25.2. The number of amides is 1. The summed E-state index contributed by atoms with van der Waals surface area (Å²) in [7, 11) is 0. The van der Waals surface area contributed by atoms with Crippen LogP contribution in [0.15, 0.2) is 71.9 Å². The Kier molecular flexibility index (Phi) is 17.4. The molecule has 0 aliphatic carbocycles. The Hall–Kier alpha value is -3.01. The molecule has 1 aromatic rings. The van der Waals surface area contributed by atoms with Crippen molar-refractivity contribution in [3.05, 3.63) is 83.0 Å². The quantitative estimate of drug-likeness (QED) is 0.100. The number of hydrogen-bond acceptors (Lipinski definition) is 3.